The van der Waals surface area contributed by atoms with Crippen molar-refractivity contribution in [3.63, 3.8) is 0 Å². The van der Waals surface area contributed by atoms with Crippen LogP contribution in [-0.2, 0) is 11.2 Å². The van der Waals surface area contributed by atoms with Gasteiger partial charge in [-0.15, -0.1) is 0 Å². The van der Waals surface area contributed by atoms with Gasteiger partial charge in [0.2, 0.25) is 5.91 Å². The highest BCUT2D eigenvalue weighted by Gasteiger charge is 2.22. The molecule has 22 heavy (non-hydrogen) atoms. The summed E-state index contributed by atoms with van der Waals surface area (Å²) >= 11 is 0. The third kappa shape index (κ3) is 6.48. The summed E-state index contributed by atoms with van der Waals surface area (Å²) in [6.07, 6.45) is 6.81. The van der Waals surface area contributed by atoms with Crippen LogP contribution >= 0.6 is 0 Å². The van der Waals surface area contributed by atoms with Crippen LogP contribution in [0.5, 0.6) is 5.75 Å². The van der Waals surface area contributed by atoms with Crippen LogP contribution in [0.15, 0.2) is 24.3 Å². The van der Waals surface area contributed by atoms with Crippen LogP contribution in [0.1, 0.15) is 44.6 Å². The highest BCUT2D eigenvalue weighted by atomic mass is 16.3. The largest absolute Gasteiger partial charge is 0.508 e. The Kier molecular flexibility index (Phi) is 8.60. The van der Waals surface area contributed by atoms with Gasteiger partial charge in [0, 0.05) is 7.05 Å². The maximum atomic E-state index is 12.2. The number of aromatic hydroxyl groups is 1. The summed E-state index contributed by atoms with van der Waals surface area (Å²) in [5.74, 6) is 0.300. The Hall–Kier alpha value is -1.55. The molecule has 0 saturated carbocycles. The summed E-state index contributed by atoms with van der Waals surface area (Å²) in [5, 5.41) is 12.1. The van der Waals surface area contributed by atoms with Crippen molar-refractivity contribution in [1.82, 2.24) is 10.2 Å². The lowest BCUT2D eigenvalue weighted by molar-refractivity contribution is -0.125. The quantitative estimate of drug-likeness (QED) is 0.654. The number of amides is 1. The molecule has 0 heterocycles. The molecule has 0 aromatic heterocycles. The fourth-order valence-electron chi connectivity index (χ4n) is 2.59. The van der Waals surface area contributed by atoms with E-state index >= 15 is 0 Å². The number of nitrogens with one attached hydrogen (secondary N) is 1. The molecule has 0 spiro atoms. The van der Waals surface area contributed by atoms with Crippen molar-refractivity contribution >= 4 is 5.91 Å². The zero-order valence-electron chi connectivity index (χ0n) is 14.1. The Morgan fingerprint density at radius 2 is 1.82 bits per heavy atom. The SMILES string of the molecule is CCCCCCCN(C)[C@@H](Cc1ccc(O)cc1)C(=O)NC. The molecule has 1 aromatic rings. The van der Waals surface area contributed by atoms with Gasteiger partial charge in [0.05, 0.1) is 6.04 Å². The number of rotatable bonds is 10. The Morgan fingerprint density at radius 1 is 1.18 bits per heavy atom. The molecule has 1 aromatic carbocycles. The highest BCUT2D eigenvalue weighted by Crippen LogP contribution is 2.14. The first kappa shape index (κ1) is 18.5. The van der Waals surface area contributed by atoms with Crippen molar-refractivity contribution in [2.24, 2.45) is 0 Å². The number of phenolic OH excluding ortho intramolecular Hbond substituents is 1. The molecule has 0 radical (unpaired) electrons. The molecule has 0 aliphatic rings. The molecule has 0 fully saturated rings. The third-order valence-corrected chi connectivity index (χ3v) is 4.06. The molecule has 1 rings (SSSR count). The molecule has 1 atom stereocenters. The normalized spacial score (nSPS) is 12.4. The Morgan fingerprint density at radius 3 is 2.41 bits per heavy atom. The van der Waals surface area contributed by atoms with Gasteiger partial charge in [0.1, 0.15) is 5.75 Å². The van der Waals surface area contributed by atoms with Crippen LogP contribution in [0.25, 0.3) is 0 Å². The van der Waals surface area contributed by atoms with Crippen molar-refractivity contribution in [2.45, 2.75) is 51.5 Å². The topological polar surface area (TPSA) is 52.6 Å². The van der Waals surface area contributed by atoms with Gasteiger partial charge in [0.15, 0.2) is 0 Å². The molecular formula is C18H30N2O2. The predicted octanol–water partition coefficient (Wildman–Crippen LogP) is 2.95. The molecule has 1 amide bonds. The standard InChI is InChI=1S/C18H30N2O2/c1-4-5-6-7-8-13-20(3)17(18(22)19-2)14-15-9-11-16(21)12-10-15/h9-12,17,21H,4-8,13-14H2,1-3H3,(H,19,22)/t17-/m0/s1. The minimum absolute atomic E-state index is 0.0455. The van der Waals surface area contributed by atoms with E-state index in [1.54, 1.807) is 19.2 Å². The maximum Gasteiger partial charge on any atom is 0.237 e. The highest BCUT2D eigenvalue weighted by molar-refractivity contribution is 5.81. The second kappa shape index (κ2) is 10.2. The van der Waals surface area contributed by atoms with Crippen molar-refractivity contribution < 1.29 is 9.90 Å². The van der Waals surface area contributed by atoms with Gasteiger partial charge < -0.3 is 10.4 Å². The van der Waals surface area contributed by atoms with Gasteiger partial charge in [-0.05, 0) is 44.1 Å². The summed E-state index contributed by atoms with van der Waals surface area (Å²) in [4.78, 5) is 14.3. The number of hydrogen-bond acceptors (Lipinski definition) is 3. The van der Waals surface area contributed by atoms with Gasteiger partial charge >= 0.3 is 0 Å². The second-order valence-corrected chi connectivity index (χ2v) is 5.90. The van der Waals surface area contributed by atoms with E-state index in [1.165, 1.54) is 25.7 Å². The van der Waals surface area contributed by atoms with Gasteiger partial charge in [0.25, 0.3) is 0 Å². The van der Waals surface area contributed by atoms with E-state index in [9.17, 15) is 9.90 Å². The molecule has 0 bridgehead atoms. The van der Waals surface area contributed by atoms with Crippen molar-refractivity contribution in [3.05, 3.63) is 29.8 Å². The minimum atomic E-state index is -0.166. The lowest BCUT2D eigenvalue weighted by atomic mass is 10.0. The lowest BCUT2D eigenvalue weighted by Gasteiger charge is -2.26. The van der Waals surface area contributed by atoms with Crippen LogP contribution in [0.4, 0.5) is 0 Å². The molecular weight excluding hydrogens is 276 g/mol. The first-order chi connectivity index (χ1) is 10.6. The summed E-state index contributed by atoms with van der Waals surface area (Å²) in [6.45, 7) is 3.14. The first-order valence-electron chi connectivity index (χ1n) is 8.28. The Balaban J connectivity index is 2.55. The minimum Gasteiger partial charge on any atom is -0.508 e. The molecule has 124 valence electrons. The predicted molar refractivity (Wildman–Crippen MR) is 91.1 cm³/mol. The number of hydrogen-bond donors (Lipinski definition) is 2. The number of benzene rings is 1. The van der Waals surface area contributed by atoms with Crippen LogP contribution in [-0.4, -0.2) is 42.6 Å². The van der Waals surface area contributed by atoms with Gasteiger partial charge in [-0.3, -0.25) is 9.69 Å². The van der Waals surface area contributed by atoms with Crippen LogP contribution < -0.4 is 5.32 Å². The lowest BCUT2D eigenvalue weighted by Crippen LogP contribution is -2.45. The van der Waals surface area contributed by atoms with E-state index in [0.29, 0.717) is 6.42 Å². The van der Waals surface area contributed by atoms with E-state index in [-0.39, 0.29) is 17.7 Å². The summed E-state index contributed by atoms with van der Waals surface area (Å²) in [7, 11) is 3.70. The molecule has 2 N–H and O–H groups in total. The van der Waals surface area contributed by atoms with Gasteiger partial charge in [-0.25, -0.2) is 0 Å². The maximum absolute atomic E-state index is 12.2. The van der Waals surface area contributed by atoms with E-state index in [2.05, 4.69) is 17.1 Å². The summed E-state index contributed by atoms with van der Waals surface area (Å²) in [6, 6.07) is 6.92. The van der Waals surface area contributed by atoms with Crippen LogP contribution in [0, 0.1) is 0 Å². The van der Waals surface area contributed by atoms with E-state index in [4.69, 9.17) is 0 Å². The summed E-state index contributed by atoms with van der Waals surface area (Å²) < 4.78 is 0. The van der Waals surface area contributed by atoms with E-state index in [0.717, 1.165) is 18.5 Å². The molecule has 0 aliphatic heterocycles. The third-order valence-electron chi connectivity index (χ3n) is 4.06. The number of carbonyl (C=O) groups excluding carboxylic acids is 1. The smallest absolute Gasteiger partial charge is 0.237 e. The number of phenols is 1. The second-order valence-electron chi connectivity index (χ2n) is 5.90. The zero-order valence-corrected chi connectivity index (χ0v) is 14.1. The molecule has 0 aliphatic carbocycles. The van der Waals surface area contributed by atoms with Crippen LogP contribution in [0.3, 0.4) is 0 Å². The van der Waals surface area contributed by atoms with Gasteiger partial charge in [-0.2, -0.15) is 0 Å². The van der Waals surface area contributed by atoms with E-state index in [1.807, 2.05) is 19.2 Å². The number of carbonyl (C=O) groups is 1. The van der Waals surface area contributed by atoms with Crippen molar-refractivity contribution in [2.75, 3.05) is 20.6 Å². The van der Waals surface area contributed by atoms with Gasteiger partial charge in [-0.1, -0.05) is 44.7 Å². The fourth-order valence-corrected chi connectivity index (χ4v) is 2.59. The Bertz CT molecular complexity index is 431. The van der Waals surface area contributed by atoms with Crippen molar-refractivity contribution in [1.29, 1.82) is 0 Å². The van der Waals surface area contributed by atoms with E-state index < -0.39 is 0 Å². The number of likely N-dealkylation sites (N-methyl/N-ethyl adjacent to an activating group) is 2. The van der Waals surface area contributed by atoms with Crippen LogP contribution in [0.2, 0.25) is 0 Å². The first-order valence-corrected chi connectivity index (χ1v) is 8.28. The average Bonchev–Trinajstić information content (AvgIpc) is 2.53. The monoisotopic (exact) mass is 306 g/mol. The fraction of sp³-hybridized carbons (Fsp3) is 0.611. The number of nitrogens with zero attached hydrogens (tertiary/aromatic N) is 1. The summed E-state index contributed by atoms with van der Waals surface area (Å²) in [5.41, 5.74) is 1.06. The Labute approximate surface area is 134 Å². The number of unbranched alkanes of at least 4 members (excludes halogenated alkanes) is 4. The molecule has 4 nitrogen and oxygen atoms in total. The zero-order chi connectivity index (χ0) is 16.4. The molecule has 4 heteroatoms. The molecule has 0 saturated heterocycles. The average molecular weight is 306 g/mol. The van der Waals surface area contributed by atoms with Crippen molar-refractivity contribution in [3.8, 4) is 5.75 Å². The molecule has 0 unspecified atom stereocenters.